The van der Waals surface area contributed by atoms with Crippen LogP contribution in [0.2, 0.25) is 0 Å². The summed E-state index contributed by atoms with van der Waals surface area (Å²) in [4.78, 5) is 0. The highest BCUT2D eigenvalue weighted by molar-refractivity contribution is 9.10. The van der Waals surface area contributed by atoms with E-state index in [2.05, 4.69) is 76.2 Å². The third-order valence-electron chi connectivity index (χ3n) is 2.91. The maximum atomic E-state index is 3.48. The van der Waals surface area contributed by atoms with Crippen LogP contribution in [-0.4, -0.2) is 4.57 Å². The van der Waals surface area contributed by atoms with Crippen molar-refractivity contribution in [3.05, 3.63) is 52.3 Å². The summed E-state index contributed by atoms with van der Waals surface area (Å²) in [6.45, 7) is 6.16. The highest BCUT2D eigenvalue weighted by Gasteiger charge is 2.01. The molecule has 1 N–H and O–H groups in total. The smallest absolute Gasteiger partial charge is 0.0553 e. The molecule has 0 amide bonds. The molecule has 0 saturated carbocycles. The van der Waals surface area contributed by atoms with Gasteiger partial charge in [-0.05, 0) is 49.7 Å². The van der Waals surface area contributed by atoms with Crippen LogP contribution < -0.4 is 5.32 Å². The lowest BCUT2D eigenvalue weighted by molar-refractivity contribution is 0.724. The van der Waals surface area contributed by atoms with Crippen LogP contribution >= 0.6 is 15.9 Å². The van der Waals surface area contributed by atoms with Crippen LogP contribution in [0.25, 0.3) is 0 Å². The van der Waals surface area contributed by atoms with Gasteiger partial charge in [-0.25, -0.2) is 0 Å². The first-order chi connectivity index (χ1) is 8.20. The van der Waals surface area contributed by atoms with Gasteiger partial charge in [0.25, 0.3) is 0 Å². The first-order valence-corrected chi connectivity index (χ1v) is 6.64. The number of rotatable bonds is 4. The first kappa shape index (κ1) is 12.2. The molecule has 0 spiro atoms. The molecule has 3 heteroatoms. The van der Waals surface area contributed by atoms with Gasteiger partial charge in [-0.3, -0.25) is 0 Å². The van der Waals surface area contributed by atoms with Crippen LogP contribution in [0.15, 0.2) is 41.0 Å². The molecule has 1 aromatic heterocycles. The Morgan fingerprint density at radius 1 is 1.29 bits per heavy atom. The van der Waals surface area contributed by atoms with E-state index >= 15 is 0 Å². The molecule has 0 unspecified atom stereocenters. The van der Waals surface area contributed by atoms with E-state index in [1.165, 1.54) is 16.9 Å². The Labute approximate surface area is 111 Å². The number of hydrogen-bond donors (Lipinski definition) is 1. The summed E-state index contributed by atoms with van der Waals surface area (Å²) in [5.74, 6) is 0. The van der Waals surface area contributed by atoms with Gasteiger partial charge in [0.2, 0.25) is 0 Å². The number of aryl methyl sites for hydroxylation is 2. The van der Waals surface area contributed by atoms with E-state index in [0.717, 1.165) is 17.6 Å². The van der Waals surface area contributed by atoms with Crippen molar-refractivity contribution >= 4 is 21.6 Å². The maximum absolute atomic E-state index is 3.48. The van der Waals surface area contributed by atoms with Crippen LogP contribution in [0.4, 0.5) is 5.69 Å². The van der Waals surface area contributed by atoms with Gasteiger partial charge in [-0.15, -0.1) is 0 Å². The predicted molar refractivity (Wildman–Crippen MR) is 76.3 cm³/mol. The van der Waals surface area contributed by atoms with Crippen molar-refractivity contribution in [3.63, 3.8) is 0 Å². The molecule has 0 radical (unpaired) electrons. The number of hydrogen-bond acceptors (Lipinski definition) is 1. The molecule has 0 aliphatic heterocycles. The van der Waals surface area contributed by atoms with Crippen molar-refractivity contribution < 1.29 is 0 Å². The van der Waals surface area contributed by atoms with Crippen molar-refractivity contribution in [2.45, 2.75) is 26.9 Å². The highest BCUT2D eigenvalue weighted by atomic mass is 79.9. The second-order valence-electron chi connectivity index (χ2n) is 4.10. The van der Waals surface area contributed by atoms with Gasteiger partial charge in [0.1, 0.15) is 0 Å². The maximum Gasteiger partial charge on any atom is 0.0553 e. The van der Waals surface area contributed by atoms with Gasteiger partial charge in [0.15, 0.2) is 0 Å². The number of anilines is 1. The largest absolute Gasteiger partial charge is 0.379 e. The summed E-state index contributed by atoms with van der Waals surface area (Å²) in [5, 5.41) is 3.48. The van der Waals surface area contributed by atoms with E-state index in [1.807, 2.05) is 0 Å². The minimum Gasteiger partial charge on any atom is -0.379 e. The molecule has 0 atom stereocenters. The molecule has 90 valence electrons. The summed E-state index contributed by atoms with van der Waals surface area (Å²) in [6, 6.07) is 10.5. The molecule has 2 rings (SSSR count). The Morgan fingerprint density at radius 2 is 2.12 bits per heavy atom. The number of nitrogens with zero attached hydrogens (tertiary/aromatic N) is 1. The lowest BCUT2D eigenvalue weighted by Crippen LogP contribution is -2.06. The van der Waals surface area contributed by atoms with Gasteiger partial charge in [0, 0.05) is 28.6 Å². The minimum absolute atomic E-state index is 0.864. The van der Waals surface area contributed by atoms with E-state index in [9.17, 15) is 0 Å². The van der Waals surface area contributed by atoms with E-state index in [-0.39, 0.29) is 0 Å². The standard InChI is InChI=1S/C14H17BrN2/c1-3-17-8-4-5-13(17)10-16-14-7-6-12(15)9-11(14)2/h4-9,16H,3,10H2,1-2H3. The van der Waals surface area contributed by atoms with Crippen LogP contribution in [0, 0.1) is 6.92 Å². The first-order valence-electron chi connectivity index (χ1n) is 5.84. The number of halogens is 1. The lowest BCUT2D eigenvalue weighted by Gasteiger charge is -2.11. The van der Waals surface area contributed by atoms with E-state index in [1.54, 1.807) is 0 Å². The molecule has 0 saturated heterocycles. The second-order valence-corrected chi connectivity index (χ2v) is 5.01. The molecular formula is C14H17BrN2. The molecule has 17 heavy (non-hydrogen) atoms. The third-order valence-corrected chi connectivity index (χ3v) is 3.41. The Bertz CT molecular complexity index is 503. The monoisotopic (exact) mass is 292 g/mol. The van der Waals surface area contributed by atoms with Crippen LogP contribution in [-0.2, 0) is 13.1 Å². The zero-order valence-corrected chi connectivity index (χ0v) is 11.8. The molecule has 2 nitrogen and oxygen atoms in total. The molecule has 0 aliphatic rings. The quantitative estimate of drug-likeness (QED) is 0.894. The van der Waals surface area contributed by atoms with E-state index in [4.69, 9.17) is 0 Å². The topological polar surface area (TPSA) is 17.0 Å². The summed E-state index contributed by atoms with van der Waals surface area (Å²) in [7, 11) is 0. The number of benzene rings is 1. The van der Waals surface area contributed by atoms with Gasteiger partial charge in [0.05, 0.1) is 6.54 Å². The third kappa shape index (κ3) is 2.91. The molecule has 0 fully saturated rings. The average molecular weight is 293 g/mol. The summed E-state index contributed by atoms with van der Waals surface area (Å²) < 4.78 is 3.37. The molecule has 2 aromatic rings. The normalized spacial score (nSPS) is 10.5. The molecular weight excluding hydrogens is 276 g/mol. The second kappa shape index (κ2) is 5.41. The highest BCUT2D eigenvalue weighted by Crippen LogP contribution is 2.20. The zero-order valence-electron chi connectivity index (χ0n) is 10.2. The van der Waals surface area contributed by atoms with Crippen LogP contribution in [0.5, 0.6) is 0 Å². The van der Waals surface area contributed by atoms with Gasteiger partial charge in [-0.1, -0.05) is 15.9 Å². The van der Waals surface area contributed by atoms with Crippen molar-refractivity contribution in [2.75, 3.05) is 5.32 Å². The SMILES string of the molecule is CCn1cccc1CNc1ccc(Br)cc1C. The summed E-state index contributed by atoms with van der Waals surface area (Å²) >= 11 is 3.48. The van der Waals surface area contributed by atoms with E-state index < -0.39 is 0 Å². The molecule has 0 bridgehead atoms. The summed E-state index contributed by atoms with van der Waals surface area (Å²) in [6.07, 6.45) is 2.12. The van der Waals surface area contributed by atoms with Gasteiger partial charge >= 0.3 is 0 Å². The van der Waals surface area contributed by atoms with Crippen LogP contribution in [0.1, 0.15) is 18.2 Å². The Hall–Kier alpha value is -1.22. The lowest BCUT2D eigenvalue weighted by atomic mass is 10.2. The molecule has 0 aliphatic carbocycles. The molecule has 1 heterocycles. The summed E-state index contributed by atoms with van der Waals surface area (Å²) in [5.41, 5.74) is 3.76. The average Bonchev–Trinajstić information content (AvgIpc) is 2.75. The van der Waals surface area contributed by atoms with Gasteiger partial charge in [-0.2, -0.15) is 0 Å². The van der Waals surface area contributed by atoms with Crippen molar-refractivity contribution in [3.8, 4) is 0 Å². The van der Waals surface area contributed by atoms with Crippen LogP contribution in [0.3, 0.4) is 0 Å². The Balaban J connectivity index is 2.07. The number of nitrogens with one attached hydrogen (secondary N) is 1. The zero-order chi connectivity index (χ0) is 12.3. The Morgan fingerprint density at radius 3 is 2.82 bits per heavy atom. The number of aromatic nitrogens is 1. The van der Waals surface area contributed by atoms with Crippen molar-refractivity contribution in [1.82, 2.24) is 4.57 Å². The predicted octanol–water partition coefficient (Wildman–Crippen LogP) is 4.19. The fourth-order valence-corrected chi connectivity index (χ4v) is 2.41. The van der Waals surface area contributed by atoms with Gasteiger partial charge < -0.3 is 9.88 Å². The Kier molecular flexibility index (Phi) is 3.89. The fraction of sp³-hybridized carbons (Fsp3) is 0.286. The van der Waals surface area contributed by atoms with E-state index in [0.29, 0.717) is 0 Å². The van der Waals surface area contributed by atoms with Crippen molar-refractivity contribution in [2.24, 2.45) is 0 Å². The fourth-order valence-electron chi connectivity index (χ4n) is 1.93. The molecule has 1 aromatic carbocycles. The minimum atomic E-state index is 0.864. The van der Waals surface area contributed by atoms with Crippen molar-refractivity contribution in [1.29, 1.82) is 0 Å².